The smallest absolute Gasteiger partial charge is 0.144 e. The van der Waals surface area contributed by atoms with Crippen LogP contribution >= 0.6 is 0 Å². The highest BCUT2D eigenvalue weighted by Gasteiger charge is 2.08. The third-order valence-electron chi connectivity index (χ3n) is 2.90. The Balaban J connectivity index is 2.04. The highest BCUT2D eigenvalue weighted by atomic mass is 15.2. The van der Waals surface area contributed by atoms with E-state index in [1.165, 1.54) is 0 Å². The summed E-state index contributed by atoms with van der Waals surface area (Å²) in [5.41, 5.74) is 0.972. The maximum atomic E-state index is 4.45. The van der Waals surface area contributed by atoms with E-state index in [0.717, 1.165) is 29.7 Å². The Kier molecular flexibility index (Phi) is 4.11. The highest BCUT2D eigenvalue weighted by molar-refractivity contribution is 5.34. The molecular formula is C13H20N6. The van der Waals surface area contributed by atoms with Gasteiger partial charge in [0.15, 0.2) is 0 Å². The first kappa shape index (κ1) is 13.5. The second-order valence-electron chi connectivity index (χ2n) is 4.69. The molecule has 0 atom stereocenters. The second-order valence-corrected chi connectivity index (χ2v) is 4.69. The minimum atomic E-state index is 0.698. The fraction of sp³-hybridized carbons (Fsp3) is 0.462. The maximum absolute atomic E-state index is 4.45. The van der Waals surface area contributed by atoms with E-state index in [1.807, 2.05) is 51.1 Å². The van der Waals surface area contributed by atoms with Crippen LogP contribution in [0.1, 0.15) is 17.3 Å². The molecule has 0 unspecified atom stereocenters. The van der Waals surface area contributed by atoms with Crippen LogP contribution in [0.15, 0.2) is 18.5 Å². The number of nitrogens with one attached hydrogen (secondary N) is 1. The van der Waals surface area contributed by atoms with E-state index >= 15 is 0 Å². The van der Waals surface area contributed by atoms with Crippen molar-refractivity contribution in [3.63, 3.8) is 0 Å². The first-order valence-corrected chi connectivity index (χ1v) is 6.25. The van der Waals surface area contributed by atoms with Gasteiger partial charge in [-0.15, -0.1) is 0 Å². The molecule has 19 heavy (non-hydrogen) atoms. The van der Waals surface area contributed by atoms with Gasteiger partial charge in [0.25, 0.3) is 0 Å². The lowest BCUT2D eigenvalue weighted by molar-refractivity contribution is 0.299. The molecular weight excluding hydrogens is 240 g/mol. The Hall–Kier alpha value is -1.95. The number of aromatic nitrogens is 4. The normalized spacial score (nSPS) is 11.0. The Morgan fingerprint density at radius 1 is 1.32 bits per heavy atom. The van der Waals surface area contributed by atoms with Gasteiger partial charge in [-0.25, -0.2) is 15.0 Å². The van der Waals surface area contributed by atoms with Gasteiger partial charge >= 0.3 is 0 Å². The Labute approximate surface area is 113 Å². The van der Waals surface area contributed by atoms with Gasteiger partial charge in [-0.3, -0.25) is 4.90 Å². The SMILES string of the molecule is CNc1cc(C)nc(CN(C)Cc2nccn2C)n1. The number of hydrogen-bond acceptors (Lipinski definition) is 5. The molecule has 0 aromatic carbocycles. The molecule has 2 aromatic heterocycles. The van der Waals surface area contributed by atoms with Crippen LogP contribution in [0.2, 0.25) is 0 Å². The van der Waals surface area contributed by atoms with Crippen molar-refractivity contribution in [1.82, 2.24) is 24.4 Å². The van der Waals surface area contributed by atoms with Crippen LogP contribution in [0.3, 0.4) is 0 Å². The van der Waals surface area contributed by atoms with Gasteiger partial charge in [-0.05, 0) is 14.0 Å². The fourth-order valence-corrected chi connectivity index (χ4v) is 1.92. The summed E-state index contributed by atoms with van der Waals surface area (Å²) in [5, 5.41) is 3.05. The monoisotopic (exact) mass is 260 g/mol. The predicted molar refractivity (Wildman–Crippen MR) is 74.7 cm³/mol. The molecule has 2 aromatic rings. The summed E-state index contributed by atoms with van der Waals surface area (Å²) in [6.45, 7) is 3.45. The van der Waals surface area contributed by atoms with E-state index in [9.17, 15) is 0 Å². The average molecular weight is 260 g/mol. The zero-order chi connectivity index (χ0) is 13.8. The molecule has 0 fully saturated rings. The summed E-state index contributed by atoms with van der Waals surface area (Å²) in [4.78, 5) is 15.4. The topological polar surface area (TPSA) is 58.9 Å². The first-order valence-electron chi connectivity index (χ1n) is 6.25. The number of hydrogen-bond donors (Lipinski definition) is 1. The molecule has 0 aliphatic heterocycles. The van der Waals surface area contributed by atoms with Gasteiger partial charge in [0.2, 0.25) is 0 Å². The fourth-order valence-electron chi connectivity index (χ4n) is 1.92. The molecule has 0 saturated carbocycles. The number of anilines is 1. The van der Waals surface area contributed by atoms with Crippen LogP contribution < -0.4 is 5.32 Å². The average Bonchev–Trinajstić information content (AvgIpc) is 2.74. The van der Waals surface area contributed by atoms with Crippen molar-refractivity contribution < 1.29 is 0 Å². The van der Waals surface area contributed by atoms with Crippen LogP contribution in [-0.2, 0) is 20.1 Å². The summed E-state index contributed by atoms with van der Waals surface area (Å²) in [7, 11) is 5.90. The summed E-state index contributed by atoms with van der Waals surface area (Å²) in [5.74, 6) is 2.71. The highest BCUT2D eigenvalue weighted by Crippen LogP contribution is 2.08. The Morgan fingerprint density at radius 2 is 2.11 bits per heavy atom. The molecule has 102 valence electrons. The summed E-state index contributed by atoms with van der Waals surface area (Å²) >= 11 is 0. The molecule has 0 bridgehead atoms. The first-order chi connectivity index (χ1) is 9.08. The van der Waals surface area contributed by atoms with Gasteiger partial charge in [0.05, 0.1) is 13.1 Å². The van der Waals surface area contributed by atoms with Crippen molar-refractivity contribution in [2.45, 2.75) is 20.0 Å². The largest absolute Gasteiger partial charge is 0.373 e. The van der Waals surface area contributed by atoms with Crippen LogP contribution in [0.25, 0.3) is 0 Å². The molecule has 6 heteroatoms. The zero-order valence-corrected chi connectivity index (χ0v) is 11.9. The molecule has 0 amide bonds. The van der Waals surface area contributed by atoms with Gasteiger partial charge in [-0.2, -0.15) is 0 Å². The molecule has 2 rings (SSSR count). The number of nitrogens with zero attached hydrogens (tertiary/aromatic N) is 5. The molecule has 0 aliphatic carbocycles. The summed E-state index contributed by atoms with van der Waals surface area (Å²) < 4.78 is 2.02. The summed E-state index contributed by atoms with van der Waals surface area (Å²) in [6, 6.07) is 1.93. The van der Waals surface area contributed by atoms with Crippen LogP contribution in [-0.4, -0.2) is 38.5 Å². The molecule has 1 N–H and O–H groups in total. The predicted octanol–water partition coefficient (Wildman–Crippen LogP) is 1.19. The lowest BCUT2D eigenvalue weighted by Crippen LogP contribution is -2.21. The van der Waals surface area contributed by atoms with E-state index in [2.05, 4.69) is 25.2 Å². The van der Waals surface area contributed by atoms with Crippen molar-refractivity contribution in [2.24, 2.45) is 7.05 Å². The standard InChI is InChI=1S/C13H20N6/c1-10-7-11(14-2)17-12(16-10)8-18(3)9-13-15-5-6-19(13)4/h5-7H,8-9H2,1-4H3,(H,14,16,17). The minimum absolute atomic E-state index is 0.698. The van der Waals surface area contributed by atoms with Crippen molar-refractivity contribution in [1.29, 1.82) is 0 Å². The van der Waals surface area contributed by atoms with Crippen molar-refractivity contribution in [3.05, 3.63) is 35.8 Å². The van der Waals surface area contributed by atoms with Crippen molar-refractivity contribution in [2.75, 3.05) is 19.4 Å². The Morgan fingerprint density at radius 3 is 2.74 bits per heavy atom. The molecule has 6 nitrogen and oxygen atoms in total. The lowest BCUT2D eigenvalue weighted by Gasteiger charge is -2.16. The lowest BCUT2D eigenvalue weighted by atomic mass is 10.4. The molecule has 0 saturated heterocycles. The van der Waals surface area contributed by atoms with Crippen LogP contribution in [0, 0.1) is 6.92 Å². The van der Waals surface area contributed by atoms with Crippen LogP contribution in [0.4, 0.5) is 5.82 Å². The van der Waals surface area contributed by atoms with Gasteiger partial charge in [0.1, 0.15) is 17.5 Å². The second kappa shape index (κ2) is 5.79. The third-order valence-corrected chi connectivity index (χ3v) is 2.90. The van der Waals surface area contributed by atoms with Gasteiger partial charge in [0, 0.05) is 38.2 Å². The van der Waals surface area contributed by atoms with Crippen LogP contribution in [0.5, 0.6) is 0 Å². The van der Waals surface area contributed by atoms with Crippen molar-refractivity contribution >= 4 is 5.82 Å². The molecule has 0 spiro atoms. The third kappa shape index (κ3) is 3.51. The van der Waals surface area contributed by atoms with E-state index in [0.29, 0.717) is 6.54 Å². The minimum Gasteiger partial charge on any atom is -0.373 e. The van der Waals surface area contributed by atoms with Gasteiger partial charge < -0.3 is 9.88 Å². The Bertz CT molecular complexity index is 548. The number of rotatable bonds is 5. The zero-order valence-electron chi connectivity index (χ0n) is 11.9. The molecule has 0 radical (unpaired) electrons. The molecule has 0 aliphatic rings. The van der Waals surface area contributed by atoms with E-state index in [-0.39, 0.29) is 0 Å². The molecule has 2 heterocycles. The summed E-state index contributed by atoms with van der Waals surface area (Å²) in [6.07, 6.45) is 3.76. The number of imidazole rings is 1. The quantitative estimate of drug-likeness (QED) is 0.875. The van der Waals surface area contributed by atoms with E-state index in [4.69, 9.17) is 0 Å². The van der Waals surface area contributed by atoms with Gasteiger partial charge in [-0.1, -0.05) is 0 Å². The van der Waals surface area contributed by atoms with E-state index < -0.39 is 0 Å². The number of aryl methyl sites for hydroxylation is 2. The van der Waals surface area contributed by atoms with Crippen molar-refractivity contribution in [3.8, 4) is 0 Å². The maximum Gasteiger partial charge on any atom is 0.144 e. The van der Waals surface area contributed by atoms with E-state index in [1.54, 1.807) is 0 Å².